The van der Waals surface area contributed by atoms with Gasteiger partial charge in [0, 0.05) is 6.54 Å². The van der Waals surface area contributed by atoms with Crippen molar-refractivity contribution in [3.8, 4) is 5.88 Å². The number of aromatic amines is 1. The molecular weight excluding hydrogens is 268 g/mol. The number of hydrogen-bond acceptors (Lipinski definition) is 3. The van der Waals surface area contributed by atoms with Crippen LogP contribution in [0.2, 0.25) is 0 Å². The van der Waals surface area contributed by atoms with Gasteiger partial charge in [-0.25, -0.2) is 4.79 Å². The number of hydrogen-bond donors (Lipinski definition) is 2. The summed E-state index contributed by atoms with van der Waals surface area (Å²) < 4.78 is 1.28. The first-order valence-corrected chi connectivity index (χ1v) is 7.90. The quantitative estimate of drug-likeness (QED) is 0.724. The Morgan fingerprint density at radius 3 is 2.24 bits per heavy atom. The minimum Gasteiger partial charge on any atom is -0.494 e. The standard InChI is InChI=1S/C16H28N2O3/c1-11(2)9-7-5-6-8-10-18-15(20)13(12(3)4)14(19)17-16(18)21/h11-12,20H,5-10H2,1-4H3,(H,17,19,21). The van der Waals surface area contributed by atoms with Gasteiger partial charge >= 0.3 is 5.69 Å². The number of aromatic nitrogens is 2. The molecule has 1 rings (SSSR count). The Kier molecular flexibility index (Phi) is 6.72. The third-order valence-electron chi connectivity index (χ3n) is 3.70. The van der Waals surface area contributed by atoms with Gasteiger partial charge < -0.3 is 5.11 Å². The van der Waals surface area contributed by atoms with Gasteiger partial charge in [0.1, 0.15) is 0 Å². The molecule has 0 saturated carbocycles. The fourth-order valence-electron chi connectivity index (χ4n) is 2.48. The molecule has 0 unspecified atom stereocenters. The van der Waals surface area contributed by atoms with Crippen LogP contribution in [0.15, 0.2) is 9.59 Å². The van der Waals surface area contributed by atoms with E-state index in [1.165, 1.54) is 17.4 Å². The maximum Gasteiger partial charge on any atom is 0.331 e. The molecule has 0 aliphatic rings. The van der Waals surface area contributed by atoms with Crippen LogP contribution >= 0.6 is 0 Å². The predicted octanol–water partition coefficient (Wildman–Crippen LogP) is 2.97. The van der Waals surface area contributed by atoms with Gasteiger partial charge in [-0.1, -0.05) is 53.4 Å². The maximum atomic E-state index is 11.8. The summed E-state index contributed by atoms with van der Waals surface area (Å²) in [6, 6.07) is 0. The number of nitrogens with zero attached hydrogens (tertiary/aromatic N) is 1. The minimum absolute atomic E-state index is 0.119. The maximum absolute atomic E-state index is 11.8. The van der Waals surface area contributed by atoms with Crippen molar-refractivity contribution in [2.75, 3.05) is 0 Å². The van der Waals surface area contributed by atoms with Crippen LogP contribution in [0.1, 0.15) is 71.3 Å². The van der Waals surface area contributed by atoms with Crippen LogP contribution in [-0.4, -0.2) is 14.7 Å². The Balaban J connectivity index is 2.66. The van der Waals surface area contributed by atoms with E-state index >= 15 is 0 Å². The van der Waals surface area contributed by atoms with Crippen LogP contribution in [0, 0.1) is 5.92 Å². The summed E-state index contributed by atoms with van der Waals surface area (Å²) in [7, 11) is 0. The molecule has 1 aromatic heterocycles. The summed E-state index contributed by atoms with van der Waals surface area (Å²) in [6.07, 6.45) is 5.40. The molecule has 0 amide bonds. The van der Waals surface area contributed by atoms with Crippen LogP contribution in [0.4, 0.5) is 0 Å². The lowest BCUT2D eigenvalue weighted by Gasteiger charge is -2.13. The van der Waals surface area contributed by atoms with Crippen molar-refractivity contribution in [1.29, 1.82) is 0 Å². The highest BCUT2D eigenvalue weighted by Gasteiger charge is 2.16. The molecule has 0 bridgehead atoms. The number of nitrogens with one attached hydrogen (secondary N) is 1. The topological polar surface area (TPSA) is 75.1 Å². The van der Waals surface area contributed by atoms with Gasteiger partial charge in [-0.2, -0.15) is 0 Å². The zero-order valence-electron chi connectivity index (χ0n) is 13.6. The zero-order valence-corrected chi connectivity index (χ0v) is 13.6. The third kappa shape index (κ3) is 5.06. The number of aromatic hydroxyl groups is 1. The molecular formula is C16H28N2O3. The molecule has 0 spiro atoms. The van der Waals surface area contributed by atoms with Crippen LogP contribution < -0.4 is 11.2 Å². The van der Waals surface area contributed by atoms with Crippen LogP contribution in [0.3, 0.4) is 0 Å². The third-order valence-corrected chi connectivity index (χ3v) is 3.70. The van der Waals surface area contributed by atoms with E-state index in [0.29, 0.717) is 6.54 Å². The highest BCUT2D eigenvalue weighted by molar-refractivity contribution is 5.25. The summed E-state index contributed by atoms with van der Waals surface area (Å²) in [5.74, 6) is 0.428. The van der Waals surface area contributed by atoms with Gasteiger partial charge in [-0.3, -0.25) is 14.3 Å². The highest BCUT2D eigenvalue weighted by atomic mass is 16.3. The normalized spacial score (nSPS) is 11.5. The van der Waals surface area contributed by atoms with Crippen molar-refractivity contribution in [2.45, 2.75) is 72.3 Å². The molecule has 2 N–H and O–H groups in total. The molecule has 0 aromatic carbocycles. The monoisotopic (exact) mass is 296 g/mol. The number of H-pyrrole nitrogens is 1. The van der Waals surface area contributed by atoms with Gasteiger partial charge in [0.15, 0.2) is 0 Å². The summed E-state index contributed by atoms with van der Waals surface area (Å²) in [5.41, 5.74) is -0.723. The van der Waals surface area contributed by atoms with Gasteiger partial charge in [-0.15, -0.1) is 0 Å². The van der Waals surface area contributed by atoms with Gasteiger partial charge in [0.05, 0.1) is 5.56 Å². The van der Waals surface area contributed by atoms with E-state index in [9.17, 15) is 14.7 Å². The fourth-order valence-corrected chi connectivity index (χ4v) is 2.48. The molecule has 5 heteroatoms. The number of rotatable bonds is 8. The Hall–Kier alpha value is -1.52. The summed E-state index contributed by atoms with van der Waals surface area (Å²) in [5, 5.41) is 10.1. The molecule has 0 aliphatic heterocycles. The van der Waals surface area contributed by atoms with Crippen molar-refractivity contribution in [2.24, 2.45) is 5.92 Å². The molecule has 5 nitrogen and oxygen atoms in total. The van der Waals surface area contributed by atoms with Gasteiger partial charge in [0.25, 0.3) is 5.56 Å². The Morgan fingerprint density at radius 1 is 1.05 bits per heavy atom. The summed E-state index contributed by atoms with van der Waals surface area (Å²) >= 11 is 0. The average molecular weight is 296 g/mol. The Labute approximate surface area is 126 Å². The number of unbranched alkanes of at least 4 members (excludes halogenated alkanes) is 3. The molecule has 0 radical (unpaired) electrons. The molecule has 0 atom stereocenters. The second-order valence-electron chi connectivity index (χ2n) is 6.40. The highest BCUT2D eigenvalue weighted by Crippen LogP contribution is 2.20. The van der Waals surface area contributed by atoms with Crippen molar-refractivity contribution < 1.29 is 5.11 Å². The summed E-state index contributed by atoms with van der Waals surface area (Å²) in [4.78, 5) is 25.8. The largest absolute Gasteiger partial charge is 0.494 e. The Bertz CT molecular complexity index is 556. The van der Waals surface area contributed by atoms with E-state index in [0.717, 1.165) is 25.2 Å². The molecule has 120 valence electrons. The van der Waals surface area contributed by atoms with Crippen LogP contribution in [0.5, 0.6) is 5.88 Å². The zero-order chi connectivity index (χ0) is 16.0. The van der Waals surface area contributed by atoms with E-state index in [1.54, 1.807) is 0 Å². The predicted molar refractivity (Wildman–Crippen MR) is 85.0 cm³/mol. The van der Waals surface area contributed by atoms with Crippen LogP contribution in [-0.2, 0) is 6.54 Å². The first-order chi connectivity index (χ1) is 9.84. The SMILES string of the molecule is CC(C)CCCCCCn1c(O)c(C(C)C)c(=O)[nH]c1=O. The molecule has 1 heterocycles. The fraction of sp³-hybridized carbons (Fsp3) is 0.750. The van der Waals surface area contributed by atoms with E-state index < -0.39 is 11.2 Å². The van der Waals surface area contributed by atoms with Crippen LogP contribution in [0.25, 0.3) is 0 Å². The molecule has 0 saturated heterocycles. The molecule has 1 aromatic rings. The smallest absolute Gasteiger partial charge is 0.331 e. The molecule has 21 heavy (non-hydrogen) atoms. The van der Waals surface area contributed by atoms with E-state index in [-0.39, 0.29) is 17.4 Å². The van der Waals surface area contributed by atoms with Crippen molar-refractivity contribution in [3.05, 3.63) is 26.4 Å². The Morgan fingerprint density at radius 2 is 1.67 bits per heavy atom. The lowest BCUT2D eigenvalue weighted by Crippen LogP contribution is -2.32. The van der Waals surface area contributed by atoms with E-state index in [2.05, 4.69) is 18.8 Å². The second kappa shape index (κ2) is 8.05. The average Bonchev–Trinajstić information content (AvgIpc) is 2.35. The van der Waals surface area contributed by atoms with E-state index in [4.69, 9.17) is 0 Å². The van der Waals surface area contributed by atoms with Crippen molar-refractivity contribution in [1.82, 2.24) is 9.55 Å². The lowest BCUT2D eigenvalue weighted by atomic mass is 10.0. The van der Waals surface area contributed by atoms with Crippen molar-refractivity contribution in [3.63, 3.8) is 0 Å². The van der Waals surface area contributed by atoms with E-state index in [1.807, 2.05) is 13.8 Å². The first kappa shape index (κ1) is 17.5. The van der Waals surface area contributed by atoms with Gasteiger partial charge in [-0.05, 0) is 18.3 Å². The molecule has 0 aliphatic carbocycles. The minimum atomic E-state index is -0.524. The lowest BCUT2D eigenvalue weighted by molar-refractivity contribution is 0.382. The second-order valence-corrected chi connectivity index (χ2v) is 6.40. The van der Waals surface area contributed by atoms with Gasteiger partial charge in [0.2, 0.25) is 5.88 Å². The first-order valence-electron chi connectivity index (χ1n) is 7.90. The van der Waals surface area contributed by atoms with Crippen molar-refractivity contribution >= 4 is 0 Å². The summed E-state index contributed by atoms with van der Waals surface area (Å²) in [6.45, 7) is 8.52. The molecule has 0 fully saturated rings.